The molecule has 162 valence electrons. The molecule has 0 bridgehead atoms. The number of carbonyl (C=O) groups is 2. The van der Waals surface area contributed by atoms with Crippen molar-refractivity contribution >= 4 is 28.8 Å². The number of nitrogens with zero attached hydrogens (tertiary/aromatic N) is 1. The maximum absolute atomic E-state index is 13.4. The molecule has 1 amide bonds. The number of rotatable bonds is 4. The van der Waals surface area contributed by atoms with Crippen molar-refractivity contribution in [1.29, 1.82) is 0 Å². The van der Waals surface area contributed by atoms with E-state index in [9.17, 15) is 9.59 Å². The lowest BCUT2D eigenvalue weighted by Gasteiger charge is -2.36. The van der Waals surface area contributed by atoms with Gasteiger partial charge < -0.3 is 15.1 Å². The van der Waals surface area contributed by atoms with Crippen molar-refractivity contribution in [3.8, 4) is 0 Å². The quantitative estimate of drug-likeness (QED) is 0.587. The molecule has 0 radical (unpaired) electrons. The van der Waals surface area contributed by atoms with Crippen LogP contribution in [-0.2, 0) is 9.59 Å². The van der Waals surface area contributed by atoms with Crippen molar-refractivity contribution in [3.63, 3.8) is 0 Å². The summed E-state index contributed by atoms with van der Waals surface area (Å²) in [5.41, 5.74) is 4.63. The molecule has 0 spiro atoms. The zero-order valence-electron chi connectivity index (χ0n) is 17.8. The van der Waals surface area contributed by atoms with E-state index in [-0.39, 0.29) is 17.6 Å². The summed E-state index contributed by atoms with van der Waals surface area (Å²) in [5.74, 6) is 0.681. The number of furan rings is 1. The molecule has 7 heteroatoms. The minimum atomic E-state index is -0.410. The zero-order chi connectivity index (χ0) is 22.2. The monoisotopic (exact) mass is 445 g/mol. The van der Waals surface area contributed by atoms with Crippen LogP contribution >= 0.6 is 11.3 Å². The number of hydrogen-bond donors (Lipinski definition) is 2. The number of Topliss-reactive ketones (excluding diaryl/α,β-unsaturated/α-hetero) is 1. The fourth-order valence-electron chi connectivity index (χ4n) is 4.63. The van der Waals surface area contributed by atoms with Gasteiger partial charge in [-0.15, -0.1) is 0 Å². The number of hydrogen-bond acceptors (Lipinski definition) is 6. The largest absolute Gasteiger partial charge is 0.469 e. The van der Waals surface area contributed by atoms with E-state index in [0.717, 1.165) is 28.4 Å². The fourth-order valence-corrected chi connectivity index (χ4v) is 5.32. The van der Waals surface area contributed by atoms with Gasteiger partial charge in [0.15, 0.2) is 5.78 Å². The molecule has 2 aliphatic rings. The number of aromatic nitrogens is 1. The van der Waals surface area contributed by atoms with Crippen molar-refractivity contribution in [2.24, 2.45) is 0 Å². The van der Waals surface area contributed by atoms with E-state index in [1.807, 2.05) is 54.9 Å². The molecule has 3 aromatic heterocycles. The van der Waals surface area contributed by atoms with E-state index < -0.39 is 5.92 Å². The van der Waals surface area contributed by atoms with E-state index in [4.69, 9.17) is 4.42 Å². The molecular weight excluding hydrogens is 422 g/mol. The molecule has 6 nitrogen and oxygen atoms in total. The second kappa shape index (κ2) is 8.24. The van der Waals surface area contributed by atoms with Crippen LogP contribution in [0.2, 0.25) is 0 Å². The lowest BCUT2D eigenvalue weighted by atomic mass is 9.73. The van der Waals surface area contributed by atoms with Crippen LogP contribution in [0, 0.1) is 6.92 Å². The molecule has 0 saturated carbocycles. The van der Waals surface area contributed by atoms with Gasteiger partial charge in [-0.25, -0.2) is 4.98 Å². The van der Waals surface area contributed by atoms with Crippen molar-refractivity contribution in [3.05, 3.63) is 93.0 Å². The summed E-state index contributed by atoms with van der Waals surface area (Å²) < 4.78 is 5.58. The van der Waals surface area contributed by atoms with Crippen LogP contribution in [0.15, 0.2) is 80.4 Å². The van der Waals surface area contributed by atoms with Crippen LogP contribution in [0.5, 0.6) is 0 Å². The molecule has 3 aromatic rings. The predicted octanol–water partition coefficient (Wildman–Crippen LogP) is 5.04. The number of ketones is 1. The van der Waals surface area contributed by atoms with Crippen LogP contribution in [0.25, 0.3) is 0 Å². The topological polar surface area (TPSA) is 84.2 Å². The third-order valence-electron chi connectivity index (χ3n) is 6.02. The van der Waals surface area contributed by atoms with Crippen molar-refractivity contribution < 1.29 is 14.0 Å². The summed E-state index contributed by atoms with van der Waals surface area (Å²) >= 11 is 1.56. The normalized spacial score (nSPS) is 20.8. The number of amides is 1. The summed E-state index contributed by atoms with van der Waals surface area (Å²) in [6.07, 6.45) is 2.67. The van der Waals surface area contributed by atoms with E-state index in [1.54, 1.807) is 23.7 Å². The van der Waals surface area contributed by atoms with Gasteiger partial charge in [-0.1, -0.05) is 6.07 Å². The van der Waals surface area contributed by atoms with E-state index in [0.29, 0.717) is 29.8 Å². The van der Waals surface area contributed by atoms with E-state index in [1.165, 1.54) is 0 Å². The Kier molecular flexibility index (Phi) is 5.27. The van der Waals surface area contributed by atoms with E-state index in [2.05, 4.69) is 15.6 Å². The molecule has 0 unspecified atom stereocenters. The fraction of sp³-hybridized carbons (Fsp3) is 0.240. The molecule has 1 aliphatic carbocycles. The Morgan fingerprint density at radius 1 is 1.19 bits per heavy atom. The molecule has 1 aliphatic heterocycles. The zero-order valence-corrected chi connectivity index (χ0v) is 18.7. The lowest BCUT2D eigenvalue weighted by Crippen LogP contribution is -2.37. The highest BCUT2D eigenvalue weighted by Crippen LogP contribution is 2.46. The molecule has 2 N–H and O–H groups in total. The van der Waals surface area contributed by atoms with Crippen LogP contribution < -0.4 is 10.6 Å². The SMILES string of the molecule is CC1=C(C(=O)Nc2cccc(C)n2)[C@@H](c2ccsc2)C2=C(C[C@@H](c3ccco3)CC2=O)N1. The number of allylic oxidation sites excluding steroid dienone is 3. The summed E-state index contributed by atoms with van der Waals surface area (Å²) in [6, 6.07) is 11.3. The van der Waals surface area contributed by atoms with Crippen LogP contribution in [0.1, 0.15) is 48.6 Å². The number of pyridine rings is 1. The highest BCUT2D eigenvalue weighted by Gasteiger charge is 2.41. The minimum Gasteiger partial charge on any atom is -0.469 e. The number of dihydropyridines is 1. The molecule has 2 atom stereocenters. The Morgan fingerprint density at radius 2 is 2.06 bits per heavy atom. The first-order valence-electron chi connectivity index (χ1n) is 10.6. The van der Waals surface area contributed by atoms with Crippen LogP contribution in [0.4, 0.5) is 5.82 Å². The van der Waals surface area contributed by atoms with Gasteiger partial charge in [0.25, 0.3) is 5.91 Å². The number of anilines is 1. The third kappa shape index (κ3) is 3.69. The average molecular weight is 446 g/mol. The lowest BCUT2D eigenvalue weighted by molar-refractivity contribution is -0.116. The van der Waals surface area contributed by atoms with E-state index >= 15 is 0 Å². The van der Waals surface area contributed by atoms with Gasteiger partial charge in [0.05, 0.1) is 6.26 Å². The standard InChI is InChI=1S/C25H23N3O3S/c1-14-5-3-7-21(26-14)28-25(30)22-15(2)27-18-11-17(20-6-4-9-31-20)12-19(29)24(18)23(22)16-8-10-32-13-16/h3-10,13,17,23,27H,11-12H2,1-2H3,(H,26,28,30)/t17-,23-/m1/s1. The summed E-state index contributed by atoms with van der Waals surface area (Å²) in [7, 11) is 0. The number of thiophene rings is 1. The Balaban J connectivity index is 1.53. The Labute approximate surface area is 190 Å². The number of nitrogens with one attached hydrogen (secondary N) is 2. The summed E-state index contributed by atoms with van der Waals surface area (Å²) in [5, 5.41) is 10.3. The van der Waals surface area contributed by atoms with Crippen LogP contribution in [0.3, 0.4) is 0 Å². The predicted molar refractivity (Wildman–Crippen MR) is 123 cm³/mol. The van der Waals surface area contributed by atoms with Gasteiger partial charge in [0.2, 0.25) is 0 Å². The second-order valence-corrected chi connectivity index (χ2v) is 8.99. The summed E-state index contributed by atoms with van der Waals surface area (Å²) in [6.45, 7) is 3.77. The minimum absolute atomic E-state index is 0.00783. The Morgan fingerprint density at radius 3 is 2.78 bits per heavy atom. The molecule has 0 fully saturated rings. The van der Waals surface area contributed by atoms with Gasteiger partial charge in [-0.3, -0.25) is 9.59 Å². The molecule has 0 saturated heterocycles. The Bertz CT molecular complexity index is 1240. The highest BCUT2D eigenvalue weighted by atomic mass is 32.1. The maximum atomic E-state index is 13.4. The average Bonchev–Trinajstić information content (AvgIpc) is 3.47. The number of carbonyl (C=O) groups excluding carboxylic acids is 2. The maximum Gasteiger partial charge on any atom is 0.255 e. The smallest absolute Gasteiger partial charge is 0.255 e. The van der Waals surface area contributed by atoms with Gasteiger partial charge in [0.1, 0.15) is 11.6 Å². The van der Waals surface area contributed by atoms with Crippen molar-refractivity contribution in [2.75, 3.05) is 5.32 Å². The molecule has 5 rings (SSSR count). The molecule has 4 heterocycles. The number of aryl methyl sites for hydroxylation is 1. The van der Waals surface area contributed by atoms with Gasteiger partial charge >= 0.3 is 0 Å². The van der Waals surface area contributed by atoms with Gasteiger partial charge in [-0.05, 0) is 66.9 Å². The van der Waals surface area contributed by atoms with Crippen LogP contribution in [-0.4, -0.2) is 16.7 Å². The first-order valence-corrected chi connectivity index (χ1v) is 11.5. The first kappa shape index (κ1) is 20.5. The summed E-state index contributed by atoms with van der Waals surface area (Å²) in [4.78, 5) is 31.2. The second-order valence-electron chi connectivity index (χ2n) is 8.21. The highest BCUT2D eigenvalue weighted by molar-refractivity contribution is 7.08. The van der Waals surface area contributed by atoms with Crippen molar-refractivity contribution in [2.45, 2.75) is 38.5 Å². The van der Waals surface area contributed by atoms with Gasteiger partial charge in [-0.2, -0.15) is 11.3 Å². The third-order valence-corrected chi connectivity index (χ3v) is 6.73. The van der Waals surface area contributed by atoms with Crippen molar-refractivity contribution in [1.82, 2.24) is 10.3 Å². The first-order chi connectivity index (χ1) is 15.5. The van der Waals surface area contributed by atoms with Gasteiger partial charge in [0, 0.05) is 46.5 Å². The Hall–Kier alpha value is -3.45. The molecule has 32 heavy (non-hydrogen) atoms. The molecule has 0 aromatic carbocycles. The molecular formula is C25H23N3O3S.